The van der Waals surface area contributed by atoms with Crippen LogP contribution in [0.5, 0.6) is 0 Å². The summed E-state index contributed by atoms with van der Waals surface area (Å²) in [6.45, 7) is 12.2. The standard InChI is InChI=1S/C17H28N2/c1-12-11-13(2)15(4)17(14(12)3)7-8-18-9-10-19-16-5-6-16/h11,16,18-19H,5-10H2,1-4H3. The predicted molar refractivity (Wildman–Crippen MR) is 83.0 cm³/mol. The number of benzene rings is 1. The maximum atomic E-state index is 3.55. The third kappa shape index (κ3) is 4.05. The van der Waals surface area contributed by atoms with Crippen molar-refractivity contribution in [3.8, 4) is 0 Å². The van der Waals surface area contributed by atoms with Crippen molar-refractivity contribution >= 4 is 0 Å². The van der Waals surface area contributed by atoms with Gasteiger partial charge in [0.05, 0.1) is 0 Å². The van der Waals surface area contributed by atoms with Gasteiger partial charge in [0.15, 0.2) is 0 Å². The van der Waals surface area contributed by atoms with Crippen molar-refractivity contribution in [1.29, 1.82) is 0 Å². The Balaban J connectivity index is 1.78. The summed E-state index contributed by atoms with van der Waals surface area (Å²) in [6, 6.07) is 3.13. The Morgan fingerprint density at radius 2 is 1.58 bits per heavy atom. The summed E-state index contributed by atoms with van der Waals surface area (Å²) in [5.41, 5.74) is 7.34. The van der Waals surface area contributed by atoms with Gasteiger partial charge in [-0.05, 0) is 81.3 Å². The van der Waals surface area contributed by atoms with Crippen molar-refractivity contribution in [2.24, 2.45) is 0 Å². The van der Waals surface area contributed by atoms with Crippen LogP contribution in [0.25, 0.3) is 0 Å². The molecule has 0 saturated heterocycles. The molecule has 0 bridgehead atoms. The van der Waals surface area contributed by atoms with Crippen molar-refractivity contribution in [1.82, 2.24) is 10.6 Å². The molecule has 1 aliphatic carbocycles. The zero-order valence-electron chi connectivity index (χ0n) is 12.9. The van der Waals surface area contributed by atoms with E-state index in [1.165, 1.54) is 35.1 Å². The molecule has 0 spiro atoms. The molecule has 0 unspecified atom stereocenters. The van der Waals surface area contributed by atoms with Gasteiger partial charge >= 0.3 is 0 Å². The smallest absolute Gasteiger partial charge is 0.00793 e. The summed E-state index contributed by atoms with van der Waals surface area (Å²) >= 11 is 0. The molecular weight excluding hydrogens is 232 g/mol. The Labute approximate surface area is 118 Å². The van der Waals surface area contributed by atoms with E-state index >= 15 is 0 Å². The molecule has 0 aromatic heterocycles. The Bertz CT molecular complexity index is 407. The van der Waals surface area contributed by atoms with Gasteiger partial charge in [0, 0.05) is 19.1 Å². The fourth-order valence-corrected chi connectivity index (χ4v) is 2.66. The zero-order valence-corrected chi connectivity index (χ0v) is 12.9. The van der Waals surface area contributed by atoms with Crippen LogP contribution in [0.15, 0.2) is 6.07 Å². The van der Waals surface area contributed by atoms with Crippen LogP contribution in [0.1, 0.15) is 40.7 Å². The van der Waals surface area contributed by atoms with Gasteiger partial charge in [-0.3, -0.25) is 0 Å². The molecule has 19 heavy (non-hydrogen) atoms. The Hall–Kier alpha value is -0.860. The maximum absolute atomic E-state index is 3.55. The van der Waals surface area contributed by atoms with Crippen molar-refractivity contribution in [3.05, 3.63) is 33.9 Å². The SMILES string of the molecule is Cc1cc(C)c(C)c(CCNCCNC2CC2)c1C. The molecule has 0 heterocycles. The van der Waals surface area contributed by atoms with Crippen LogP contribution >= 0.6 is 0 Å². The second-order valence-electron chi connectivity index (χ2n) is 5.97. The van der Waals surface area contributed by atoms with E-state index < -0.39 is 0 Å². The van der Waals surface area contributed by atoms with Crippen LogP contribution in [-0.4, -0.2) is 25.7 Å². The maximum Gasteiger partial charge on any atom is 0.00793 e. The fraction of sp³-hybridized carbons (Fsp3) is 0.647. The highest BCUT2D eigenvalue weighted by atomic mass is 15.0. The first-order valence-corrected chi connectivity index (χ1v) is 7.60. The van der Waals surface area contributed by atoms with Gasteiger partial charge in [0.1, 0.15) is 0 Å². The lowest BCUT2D eigenvalue weighted by Gasteiger charge is -2.15. The molecule has 1 aromatic rings. The highest BCUT2D eigenvalue weighted by Gasteiger charge is 2.19. The van der Waals surface area contributed by atoms with Crippen molar-refractivity contribution in [2.45, 2.75) is 53.0 Å². The molecule has 1 saturated carbocycles. The van der Waals surface area contributed by atoms with Crippen LogP contribution in [-0.2, 0) is 6.42 Å². The first-order chi connectivity index (χ1) is 9.09. The molecule has 0 aliphatic heterocycles. The normalized spacial score (nSPS) is 14.9. The van der Waals surface area contributed by atoms with Crippen LogP contribution in [0.2, 0.25) is 0 Å². The monoisotopic (exact) mass is 260 g/mol. The minimum absolute atomic E-state index is 0.825. The largest absolute Gasteiger partial charge is 0.315 e. The summed E-state index contributed by atoms with van der Waals surface area (Å²) in [6.07, 6.45) is 3.89. The molecule has 1 aromatic carbocycles. The number of hydrogen-bond acceptors (Lipinski definition) is 2. The summed E-state index contributed by atoms with van der Waals surface area (Å²) in [5.74, 6) is 0. The van der Waals surface area contributed by atoms with Gasteiger partial charge in [-0.2, -0.15) is 0 Å². The van der Waals surface area contributed by atoms with E-state index in [0.29, 0.717) is 0 Å². The summed E-state index contributed by atoms with van der Waals surface area (Å²) in [5, 5.41) is 7.08. The van der Waals surface area contributed by atoms with E-state index in [1.54, 1.807) is 5.56 Å². The highest BCUT2D eigenvalue weighted by molar-refractivity contribution is 5.44. The molecule has 2 rings (SSSR count). The van der Waals surface area contributed by atoms with Crippen LogP contribution in [0.4, 0.5) is 0 Å². The van der Waals surface area contributed by atoms with Crippen LogP contribution in [0, 0.1) is 27.7 Å². The van der Waals surface area contributed by atoms with Crippen molar-refractivity contribution in [3.63, 3.8) is 0 Å². The molecule has 0 amide bonds. The van der Waals surface area contributed by atoms with Gasteiger partial charge in [0.25, 0.3) is 0 Å². The minimum Gasteiger partial charge on any atom is -0.315 e. The Morgan fingerprint density at radius 3 is 2.16 bits per heavy atom. The van der Waals surface area contributed by atoms with Crippen LogP contribution < -0.4 is 10.6 Å². The van der Waals surface area contributed by atoms with Gasteiger partial charge in [-0.15, -0.1) is 0 Å². The van der Waals surface area contributed by atoms with Crippen molar-refractivity contribution in [2.75, 3.05) is 19.6 Å². The summed E-state index contributed by atoms with van der Waals surface area (Å²) in [4.78, 5) is 0. The number of aryl methyl sites for hydroxylation is 2. The second-order valence-corrected chi connectivity index (χ2v) is 5.97. The quantitative estimate of drug-likeness (QED) is 0.737. The Kier molecular flexibility index (Phi) is 5.00. The van der Waals surface area contributed by atoms with E-state index in [-0.39, 0.29) is 0 Å². The Morgan fingerprint density at radius 1 is 0.947 bits per heavy atom. The van der Waals surface area contributed by atoms with Gasteiger partial charge < -0.3 is 10.6 Å². The highest BCUT2D eigenvalue weighted by Crippen LogP contribution is 2.21. The average Bonchev–Trinajstić information content (AvgIpc) is 3.19. The lowest BCUT2D eigenvalue weighted by Crippen LogP contribution is -2.30. The van der Waals surface area contributed by atoms with E-state index in [4.69, 9.17) is 0 Å². The zero-order chi connectivity index (χ0) is 13.8. The number of rotatable bonds is 7. The van der Waals surface area contributed by atoms with Gasteiger partial charge in [-0.1, -0.05) is 6.07 Å². The van der Waals surface area contributed by atoms with E-state index in [9.17, 15) is 0 Å². The average molecular weight is 260 g/mol. The topological polar surface area (TPSA) is 24.1 Å². The van der Waals surface area contributed by atoms with Gasteiger partial charge in [-0.25, -0.2) is 0 Å². The first-order valence-electron chi connectivity index (χ1n) is 7.60. The molecular formula is C17H28N2. The van der Waals surface area contributed by atoms with E-state index in [2.05, 4.69) is 44.4 Å². The molecule has 2 nitrogen and oxygen atoms in total. The molecule has 106 valence electrons. The first kappa shape index (κ1) is 14.5. The van der Waals surface area contributed by atoms with Gasteiger partial charge in [0.2, 0.25) is 0 Å². The lowest BCUT2D eigenvalue weighted by molar-refractivity contribution is 0.608. The molecule has 0 radical (unpaired) electrons. The molecule has 2 N–H and O–H groups in total. The second kappa shape index (κ2) is 6.53. The number of hydrogen-bond donors (Lipinski definition) is 2. The van der Waals surface area contributed by atoms with E-state index in [0.717, 1.165) is 32.1 Å². The summed E-state index contributed by atoms with van der Waals surface area (Å²) in [7, 11) is 0. The summed E-state index contributed by atoms with van der Waals surface area (Å²) < 4.78 is 0. The fourth-order valence-electron chi connectivity index (χ4n) is 2.66. The predicted octanol–water partition coefficient (Wildman–Crippen LogP) is 2.80. The third-order valence-corrected chi connectivity index (χ3v) is 4.39. The van der Waals surface area contributed by atoms with E-state index in [1.807, 2.05) is 0 Å². The molecule has 2 heteroatoms. The number of nitrogens with one attached hydrogen (secondary N) is 2. The molecule has 1 fully saturated rings. The van der Waals surface area contributed by atoms with Crippen LogP contribution in [0.3, 0.4) is 0 Å². The molecule has 0 atom stereocenters. The third-order valence-electron chi connectivity index (χ3n) is 4.39. The lowest BCUT2D eigenvalue weighted by atomic mass is 9.92. The van der Waals surface area contributed by atoms with Crippen molar-refractivity contribution < 1.29 is 0 Å². The molecule has 1 aliphatic rings. The minimum atomic E-state index is 0.825.